The number of nitrogens with zero attached hydrogens (tertiary/aromatic N) is 4. The Balaban J connectivity index is 0.00000450. The lowest BCUT2D eigenvalue weighted by Gasteiger charge is -2.14. The number of aromatic nitrogens is 3. The van der Waals surface area contributed by atoms with E-state index in [0.717, 1.165) is 37.3 Å². The van der Waals surface area contributed by atoms with Crippen LogP contribution in [0.25, 0.3) is 0 Å². The lowest BCUT2D eigenvalue weighted by molar-refractivity contribution is 0.569. The zero-order valence-corrected chi connectivity index (χ0v) is 20.9. The van der Waals surface area contributed by atoms with Crippen molar-refractivity contribution in [2.24, 2.45) is 16.0 Å². The monoisotopic (exact) mass is 549 g/mol. The molecule has 1 aromatic heterocycles. The lowest BCUT2D eigenvalue weighted by Crippen LogP contribution is -2.39. The van der Waals surface area contributed by atoms with Gasteiger partial charge in [0.25, 0.3) is 0 Å². The highest BCUT2D eigenvalue weighted by Crippen LogP contribution is 2.09. The van der Waals surface area contributed by atoms with E-state index in [2.05, 4.69) is 46.6 Å². The molecule has 1 aromatic carbocycles. The lowest BCUT2D eigenvalue weighted by atomic mass is 10.1. The Morgan fingerprint density at radius 2 is 1.87 bits per heavy atom. The Kier molecular flexibility index (Phi) is 11.3. The molecule has 0 saturated heterocycles. The van der Waals surface area contributed by atoms with Gasteiger partial charge in [0.15, 0.2) is 5.96 Å². The van der Waals surface area contributed by atoms with Crippen LogP contribution in [0.2, 0.25) is 0 Å². The molecule has 4 N–H and O–H groups in total. The van der Waals surface area contributed by atoms with Crippen LogP contribution in [0.15, 0.2) is 40.5 Å². The molecule has 0 unspecified atom stereocenters. The molecule has 0 spiro atoms. The van der Waals surface area contributed by atoms with E-state index >= 15 is 0 Å². The standard InChI is InChI=1S/C19H31N7O2S.HI/c1-4-18-25-24-14-26(18)12-11-22-19(21-10-9-15(2)3)23-13-16-5-7-17(8-6-16)29(20,27)28;/h5-8,14-15H,4,9-13H2,1-3H3,(H2,20,27,28)(H2,21,22,23);1H. The van der Waals surface area contributed by atoms with E-state index in [4.69, 9.17) is 5.14 Å². The van der Waals surface area contributed by atoms with Gasteiger partial charge in [-0.15, -0.1) is 34.2 Å². The average molecular weight is 549 g/mol. The average Bonchev–Trinajstić information content (AvgIpc) is 3.12. The summed E-state index contributed by atoms with van der Waals surface area (Å²) < 4.78 is 24.7. The summed E-state index contributed by atoms with van der Waals surface area (Å²) in [6, 6.07) is 6.44. The summed E-state index contributed by atoms with van der Waals surface area (Å²) in [7, 11) is -3.68. The molecule has 0 atom stereocenters. The summed E-state index contributed by atoms with van der Waals surface area (Å²) in [5.41, 5.74) is 0.898. The molecule has 0 saturated carbocycles. The van der Waals surface area contributed by atoms with Gasteiger partial charge >= 0.3 is 0 Å². The highest BCUT2D eigenvalue weighted by atomic mass is 127. The second-order valence-electron chi connectivity index (χ2n) is 7.18. The minimum Gasteiger partial charge on any atom is -0.356 e. The highest BCUT2D eigenvalue weighted by Gasteiger charge is 2.07. The molecule has 9 nitrogen and oxygen atoms in total. The minimum absolute atomic E-state index is 0. The quantitative estimate of drug-likeness (QED) is 0.236. The van der Waals surface area contributed by atoms with Crippen molar-refractivity contribution in [1.82, 2.24) is 25.4 Å². The van der Waals surface area contributed by atoms with Crippen molar-refractivity contribution in [2.45, 2.75) is 51.6 Å². The van der Waals surface area contributed by atoms with Gasteiger partial charge < -0.3 is 15.2 Å². The molecule has 0 aliphatic heterocycles. The second kappa shape index (κ2) is 12.8. The third kappa shape index (κ3) is 8.96. The predicted molar refractivity (Wildman–Crippen MR) is 129 cm³/mol. The van der Waals surface area contributed by atoms with Gasteiger partial charge in [0, 0.05) is 26.1 Å². The predicted octanol–water partition coefficient (Wildman–Crippen LogP) is 1.89. The fourth-order valence-electron chi connectivity index (χ4n) is 2.64. The van der Waals surface area contributed by atoms with E-state index in [0.29, 0.717) is 25.0 Å². The maximum atomic E-state index is 11.4. The fraction of sp³-hybridized carbons (Fsp3) is 0.526. The molecule has 0 aliphatic rings. The molecule has 0 radical (unpaired) electrons. The molecule has 2 aromatic rings. The van der Waals surface area contributed by atoms with Crippen LogP contribution in [0.5, 0.6) is 0 Å². The van der Waals surface area contributed by atoms with Gasteiger partial charge in [-0.1, -0.05) is 32.9 Å². The molecule has 0 amide bonds. The minimum atomic E-state index is -3.68. The summed E-state index contributed by atoms with van der Waals surface area (Å²) in [6.45, 7) is 9.08. The Bertz CT molecular complexity index is 896. The van der Waals surface area contributed by atoms with Crippen molar-refractivity contribution in [3.8, 4) is 0 Å². The van der Waals surface area contributed by atoms with Crippen molar-refractivity contribution in [3.05, 3.63) is 42.0 Å². The summed E-state index contributed by atoms with van der Waals surface area (Å²) in [6.07, 6.45) is 3.61. The van der Waals surface area contributed by atoms with Crippen LogP contribution in [0.4, 0.5) is 0 Å². The van der Waals surface area contributed by atoms with Crippen molar-refractivity contribution < 1.29 is 8.42 Å². The van der Waals surface area contributed by atoms with Crippen molar-refractivity contribution >= 4 is 40.0 Å². The molecule has 0 bridgehead atoms. The molecule has 1 heterocycles. The smallest absolute Gasteiger partial charge is 0.238 e. The number of primary sulfonamides is 1. The van der Waals surface area contributed by atoms with Gasteiger partial charge in [0.2, 0.25) is 10.0 Å². The number of rotatable bonds is 10. The zero-order chi connectivity index (χ0) is 21.3. The second-order valence-corrected chi connectivity index (χ2v) is 8.75. The van der Waals surface area contributed by atoms with Crippen LogP contribution >= 0.6 is 24.0 Å². The summed E-state index contributed by atoms with van der Waals surface area (Å²) in [5.74, 6) is 2.26. The normalized spacial score (nSPS) is 12.0. The number of hydrogen-bond donors (Lipinski definition) is 3. The van der Waals surface area contributed by atoms with Crippen molar-refractivity contribution in [1.29, 1.82) is 0 Å². The summed E-state index contributed by atoms with van der Waals surface area (Å²) >= 11 is 0. The molecule has 2 rings (SSSR count). The van der Waals surface area contributed by atoms with Crippen LogP contribution in [0.1, 0.15) is 38.6 Å². The van der Waals surface area contributed by atoms with Crippen molar-refractivity contribution in [3.63, 3.8) is 0 Å². The number of guanidine groups is 1. The molecule has 30 heavy (non-hydrogen) atoms. The van der Waals surface area contributed by atoms with Crippen LogP contribution in [0, 0.1) is 5.92 Å². The molecule has 0 aliphatic carbocycles. The molecular formula is C19H32IN7O2S. The van der Waals surface area contributed by atoms with E-state index in [9.17, 15) is 8.42 Å². The third-order valence-electron chi connectivity index (χ3n) is 4.34. The molecular weight excluding hydrogens is 517 g/mol. The summed E-state index contributed by atoms with van der Waals surface area (Å²) in [4.78, 5) is 4.71. The third-order valence-corrected chi connectivity index (χ3v) is 5.27. The van der Waals surface area contributed by atoms with Crippen LogP contribution in [-0.4, -0.2) is 42.2 Å². The highest BCUT2D eigenvalue weighted by molar-refractivity contribution is 14.0. The molecule has 168 valence electrons. The van der Waals surface area contributed by atoms with Gasteiger partial charge in [-0.3, -0.25) is 0 Å². The SMILES string of the molecule is CCc1nncn1CCNC(=NCc1ccc(S(N)(=O)=O)cc1)NCCC(C)C.I. The Labute approximate surface area is 196 Å². The van der Waals surface area contributed by atoms with E-state index in [-0.39, 0.29) is 28.9 Å². The topological polar surface area (TPSA) is 127 Å². The number of nitrogens with one attached hydrogen (secondary N) is 2. The fourth-order valence-corrected chi connectivity index (χ4v) is 3.16. The Morgan fingerprint density at radius 1 is 1.20 bits per heavy atom. The van der Waals surface area contributed by atoms with Crippen LogP contribution in [-0.2, 0) is 29.5 Å². The van der Waals surface area contributed by atoms with Crippen molar-refractivity contribution in [2.75, 3.05) is 13.1 Å². The van der Waals surface area contributed by atoms with E-state index < -0.39 is 10.0 Å². The number of nitrogens with two attached hydrogens (primary N) is 1. The number of aliphatic imine (C=N–C) groups is 1. The van der Waals surface area contributed by atoms with Gasteiger partial charge in [-0.05, 0) is 30.0 Å². The van der Waals surface area contributed by atoms with E-state index in [1.165, 1.54) is 12.1 Å². The maximum absolute atomic E-state index is 11.4. The molecule has 11 heteroatoms. The number of halogens is 1. The van der Waals surface area contributed by atoms with Crippen LogP contribution < -0.4 is 15.8 Å². The van der Waals surface area contributed by atoms with Gasteiger partial charge in [0.1, 0.15) is 12.2 Å². The number of benzene rings is 1. The number of hydrogen-bond acceptors (Lipinski definition) is 5. The van der Waals surface area contributed by atoms with Crippen LogP contribution in [0.3, 0.4) is 0 Å². The van der Waals surface area contributed by atoms with Gasteiger partial charge in [-0.2, -0.15) is 0 Å². The Morgan fingerprint density at radius 3 is 2.47 bits per heavy atom. The van der Waals surface area contributed by atoms with Gasteiger partial charge in [-0.25, -0.2) is 18.5 Å². The number of sulfonamides is 1. The first-order valence-corrected chi connectivity index (χ1v) is 11.3. The summed E-state index contributed by atoms with van der Waals surface area (Å²) in [5, 5.41) is 19.9. The largest absolute Gasteiger partial charge is 0.356 e. The molecule has 0 fully saturated rings. The van der Waals surface area contributed by atoms with E-state index in [1.807, 2.05) is 4.57 Å². The first-order chi connectivity index (χ1) is 13.8. The Hall–Kier alpha value is -1.73. The first kappa shape index (κ1) is 26.3. The van der Waals surface area contributed by atoms with Gasteiger partial charge in [0.05, 0.1) is 11.4 Å². The zero-order valence-electron chi connectivity index (χ0n) is 17.7. The van der Waals surface area contributed by atoms with E-state index in [1.54, 1.807) is 18.5 Å². The first-order valence-electron chi connectivity index (χ1n) is 9.80. The number of aryl methyl sites for hydroxylation is 1. The maximum Gasteiger partial charge on any atom is 0.238 e.